The van der Waals surface area contributed by atoms with E-state index in [-0.39, 0.29) is 0 Å². The second kappa shape index (κ2) is 5.19. The molecule has 1 aromatic heterocycles. The number of pyridine rings is 1. The van der Waals surface area contributed by atoms with Crippen molar-refractivity contribution in [1.82, 2.24) is 4.98 Å². The summed E-state index contributed by atoms with van der Waals surface area (Å²) in [5.74, 6) is 1.34. The Balaban J connectivity index is 2.41. The Hall–Kier alpha value is -0.610. The van der Waals surface area contributed by atoms with Gasteiger partial charge in [-0.1, -0.05) is 17.7 Å². The van der Waals surface area contributed by atoms with E-state index >= 15 is 0 Å². The largest absolute Gasteiger partial charge is 0.369 e. The van der Waals surface area contributed by atoms with Gasteiger partial charge in [-0.15, -0.1) is 0 Å². The molecule has 0 amide bonds. The zero-order chi connectivity index (χ0) is 9.68. The minimum absolute atomic E-state index is 0.461. The van der Waals surface area contributed by atoms with Crippen LogP contribution in [-0.2, 0) is 10.8 Å². The lowest BCUT2D eigenvalue weighted by atomic mass is 10.4. The summed E-state index contributed by atoms with van der Waals surface area (Å²) in [6, 6.07) is 5.36. The smallest absolute Gasteiger partial charge is 0.131 e. The molecule has 1 aromatic rings. The number of rotatable bonds is 4. The number of nitrogens with one attached hydrogen (secondary N) is 1. The number of anilines is 1. The van der Waals surface area contributed by atoms with Crippen molar-refractivity contribution in [3.8, 4) is 0 Å². The van der Waals surface area contributed by atoms with Crippen molar-refractivity contribution in [2.75, 3.05) is 23.9 Å². The topological polar surface area (TPSA) is 42.0 Å². The lowest BCUT2D eigenvalue weighted by molar-refractivity contribution is 0.687. The molecular weight excluding hydrogens is 208 g/mol. The predicted octanol–water partition coefficient (Wildman–Crippen LogP) is 1.53. The van der Waals surface area contributed by atoms with Gasteiger partial charge in [-0.25, -0.2) is 4.98 Å². The molecule has 0 saturated heterocycles. The maximum atomic E-state index is 10.7. The highest BCUT2D eigenvalue weighted by Gasteiger charge is 1.95. The van der Waals surface area contributed by atoms with Crippen LogP contribution in [0.4, 0.5) is 5.82 Å². The molecule has 0 saturated carbocycles. The molecule has 1 N–H and O–H groups in total. The molecule has 1 heterocycles. The molecule has 1 unspecified atom stereocenters. The minimum atomic E-state index is -0.768. The minimum Gasteiger partial charge on any atom is -0.369 e. The molecule has 0 aromatic carbocycles. The van der Waals surface area contributed by atoms with Gasteiger partial charge in [0.1, 0.15) is 11.0 Å². The maximum absolute atomic E-state index is 10.7. The van der Waals surface area contributed by atoms with Gasteiger partial charge in [-0.2, -0.15) is 0 Å². The summed E-state index contributed by atoms with van der Waals surface area (Å²) in [7, 11) is -0.768. The average molecular weight is 219 g/mol. The molecule has 0 fully saturated rings. The first-order valence-corrected chi connectivity index (χ1v) is 5.95. The Kier molecular flexibility index (Phi) is 4.18. The molecule has 1 rings (SSSR count). The molecule has 0 radical (unpaired) electrons. The van der Waals surface area contributed by atoms with Gasteiger partial charge < -0.3 is 5.32 Å². The Morgan fingerprint density at radius 1 is 1.62 bits per heavy atom. The van der Waals surface area contributed by atoms with Gasteiger partial charge in [-0.3, -0.25) is 4.21 Å². The first-order chi connectivity index (χ1) is 6.18. The quantitative estimate of drug-likeness (QED) is 0.780. The van der Waals surface area contributed by atoms with Crippen molar-refractivity contribution in [3.63, 3.8) is 0 Å². The number of nitrogens with zero attached hydrogens (tertiary/aromatic N) is 1. The van der Waals surface area contributed by atoms with Gasteiger partial charge in [0.15, 0.2) is 0 Å². The van der Waals surface area contributed by atoms with Crippen molar-refractivity contribution in [3.05, 3.63) is 23.4 Å². The van der Waals surface area contributed by atoms with Crippen LogP contribution in [0.15, 0.2) is 18.2 Å². The third-order valence-corrected chi connectivity index (χ3v) is 2.40. The summed E-state index contributed by atoms with van der Waals surface area (Å²) in [5.41, 5.74) is 0. The Morgan fingerprint density at radius 2 is 2.38 bits per heavy atom. The summed E-state index contributed by atoms with van der Waals surface area (Å²) in [6.45, 7) is 0.649. The highest BCUT2D eigenvalue weighted by molar-refractivity contribution is 7.84. The van der Waals surface area contributed by atoms with E-state index in [9.17, 15) is 4.21 Å². The fourth-order valence-electron chi connectivity index (χ4n) is 0.830. The Labute approximate surface area is 85.0 Å². The summed E-state index contributed by atoms with van der Waals surface area (Å²) >= 11 is 5.68. The van der Waals surface area contributed by atoms with Crippen LogP contribution in [0.3, 0.4) is 0 Å². The number of halogens is 1. The first-order valence-electron chi connectivity index (χ1n) is 3.85. The standard InChI is InChI=1S/C8H11ClN2OS/c1-13(12)6-5-10-8-4-2-3-7(9)11-8/h2-4H,5-6H2,1H3,(H,10,11). The molecule has 3 nitrogen and oxygen atoms in total. The van der Waals surface area contributed by atoms with Crippen LogP contribution in [0.1, 0.15) is 0 Å². The molecule has 5 heteroatoms. The molecule has 0 aliphatic rings. The van der Waals surface area contributed by atoms with Crippen molar-refractivity contribution in [2.24, 2.45) is 0 Å². The summed E-state index contributed by atoms with van der Waals surface area (Å²) < 4.78 is 10.7. The van der Waals surface area contributed by atoms with Gasteiger partial charge >= 0.3 is 0 Å². The third-order valence-electron chi connectivity index (χ3n) is 1.41. The van der Waals surface area contributed by atoms with E-state index < -0.39 is 10.8 Å². The maximum Gasteiger partial charge on any atom is 0.131 e. The predicted molar refractivity (Wildman–Crippen MR) is 56.7 cm³/mol. The van der Waals surface area contributed by atoms with Gasteiger partial charge in [0.2, 0.25) is 0 Å². The monoisotopic (exact) mass is 218 g/mol. The molecule has 13 heavy (non-hydrogen) atoms. The van der Waals surface area contributed by atoms with Crippen LogP contribution < -0.4 is 5.32 Å². The highest BCUT2D eigenvalue weighted by Crippen LogP contribution is 2.08. The molecule has 0 bridgehead atoms. The second-order valence-corrected chi connectivity index (χ2v) is 4.49. The van der Waals surface area contributed by atoms with Crippen molar-refractivity contribution in [1.29, 1.82) is 0 Å². The van der Waals surface area contributed by atoms with E-state index in [1.165, 1.54) is 0 Å². The van der Waals surface area contributed by atoms with Gasteiger partial charge in [0.25, 0.3) is 0 Å². The lowest BCUT2D eigenvalue weighted by Crippen LogP contribution is -2.10. The van der Waals surface area contributed by atoms with E-state index in [0.717, 1.165) is 5.82 Å². The summed E-state index contributed by atoms with van der Waals surface area (Å²) in [4.78, 5) is 4.03. The van der Waals surface area contributed by atoms with Crippen LogP contribution in [0.2, 0.25) is 5.15 Å². The van der Waals surface area contributed by atoms with E-state index in [4.69, 9.17) is 11.6 Å². The van der Waals surface area contributed by atoms with Crippen molar-refractivity contribution < 1.29 is 4.21 Å². The molecule has 0 spiro atoms. The van der Waals surface area contributed by atoms with Crippen LogP contribution >= 0.6 is 11.6 Å². The fraction of sp³-hybridized carbons (Fsp3) is 0.375. The first kappa shape index (κ1) is 10.5. The number of hydrogen-bond donors (Lipinski definition) is 1. The van der Waals surface area contributed by atoms with E-state index in [2.05, 4.69) is 10.3 Å². The SMILES string of the molecule is CS(=O)CCNc1cccc(Cl)n1. The van der Waals surface area contributed by atoms with Gasteiger partial charge in [-0.05, 0) is 12.1 Å². The average Bonchev–Trinajstić information content (AvgIpc) is 2.03. The van der Waals surface area contributed by atoms with Crippen LogP contribution in [-0.4, -0.2) is 27.7 Å². The zero-order valence-corrected chi connectivity index (χ0v) is 8.86. The zero-order valence-electron chi connectivity index (χ0n) is 7.29. The molecule has 1 atom stereocenters. The van der Waals surface area contributed by atoms with Crippen LogP contribution in [0, 0.1) is 0 Å². The molecule has 72 valence electrons. The molecule has 0 aliphatic carbocycles. The molecule has 0 aliphatic heterocycles. The summed E-state index contributed by atoms with van der Waals surface area (Å²) in [5, 5.41) is 3.49. The number of aromatic nitrogens is 1. The van der Waals surface area contributed by atoms with Gasteiger partial charge in [0.05, 0.1) is 0 Å². The van der Waals surface area contributed by atoms with Gasteiger partial charge in [0, 0.05) is 29.4 Å². The van der Waals surface area contributed by atoms with E-state index in [1.807, 2.05) is 12.1 Å². The second-order valence-electron chi connectivity index (χ2n) is 2.55. The van der Waals surface area contributed by atoms with Crippen molar-refractivity contribution >= 4 is 28.2 Å². The normalized spacial score (nSPS) is 12.5. The molecular formula is C8H11ClN2OS. The fourth-order valence-corrected chi connectivity index (χ4v) is 1.38. The third kappa shape index (κ3) is 4.24. The van der Waals surface area contributed by atoms with Crippen molar-refractivity contribution in [2.45, 2.75) is 0 Å². The Morgan fingerprint density at radius 3 is 3.00 bits per heavy atom. The van der Waals surface area contributed by atoms with E-state index in [1.54, 1.807) is 12.3 Å². The van der Waals surface area contributed by atoms with Crippen LogP contribution in [0.5, 0.6) is 0 Å². The Bertz CT molecular complexity index is 306. The highest BCUT2D eigenvalue weighted by atomic mass is 35.5. The summed E-state index contributed by atoms with van der Waals surface area (Å²) in [6.07, 6.45) is 1.67. The lowest BCUT2D eigenvalue weighted by Gasteiger charge is -2.03. The van der Waals surface area contributed by atoms with E-state index in [0.29, 0.717) is 17.5 Å². The van der Waals surface area contributed by atoms with Crippen LogP contribution in [0.25, 0.3) is 0 Å². The number of hydrogen-bond acceptors (Lipinski definition) is 3.